The lowest BCUT2D eigenvalue weighted by atomic mass is 10.0. The monoisotopic (exact) mass is 574 g/mol. The van der Waals surface area contributed by atoms with Gasteiger partial charge >= 0.3 is 5.97 Å². The molecule has 0 bridgehead atoms. The topological polar surface area (TPSA) is 191 Å². The number of carboxylic acids is 2. The molecule has 13 nitrogen and oxygen atoms in total. The summed E-state index contributed by atoms with van der Waals surface area (Å²) in [6.45, 7) is 0.147. The van der Waals surface area contributed by atoms with E-state index in [1.807, 2.05) is 0 Å². The largest absolute Gasteiger partial charge is 0.543 e. The molecule has 2 aliphatic rings. The SMILES string of the molecule is CO/N=C(\C(=O)NC1C(=O)N2C(C(=O)[O-])=C(C[n+]3ccc4sc(C(=O)O)cc4c3)CS[C@H]12)c1csc(N)n1. The van der Waals surface area contributed by atoms with Crippen molar-refractivity contribution in [3.63, 3.8) is 0 Å². The van der Waals surface area contributed by atoms with Crippen LogP contribution in [0.1, 0.15) is 15.4 Å². The summed E-state index contributed by atoms with van der Waals surface area (Å²) in [6, 6.07) is 2.30. The number of β-lactam (4-membered cyclic amide) rings is 1. The number of oxime groups is 1. The lowest BCUT2D eigenvalue weighted by Gasteiger charge is -2.50. The molecule has 16 heteroatoms. The van der Waals surface area contributed by atoms with Gasteiger partial charge in [0.15, 0.2) is 29.8 Å². The van der Waals surface area contributed by atoms with Crippen LogP contribution in [0.5, 0.6) is 0 Å². The van der Waals surface area contributed by atoms with Crippen LogP contribution in [-0.4, -0.2) is 68.7 Å². The minimum absolute atomic E-state index is 0.147. The fourth-order valence-corrected chi connectivity index (χ4v) is 6.91. The highest BCUT2D eigenvalue weighted by Crippen LogP contribution is 2.40. The van der Waals surface area contributed by atoms with Gasteiger partial charge < -0.3 is 30.9 Å². The first-order chi connectivity index (χ1) is 18.2. The van der Waals surface area contributed by atoms with Crippen LogP contribution in [0.2, 0.25) is 0 Å². The summed E-state index contributed by atoms with van der Waals surface area (Å²) in [7, 11) is 1.26. The van der Waals surface area contributed by atoms with Crippen molar-refractivity contribution in [1.29, 1.82) is 0 Å². The van der Waals surface area contributed by atoms with Gasteiger partial charge in [-0.15, -0.1) is 34.4 Å². The second-order valence-electron chi connectivity index (χ2n) is 8.15. The number of aromatic nitrogens is 2. The molecule has 0 aliphatic carbocycles. The second-order valence-corrected chi connectivity index (χ2v) is 11.2. The molecule has 2 atom stereocenters. The summed E-state index contributed by atoms with van der Waals surface area (Å²) in [4.78, 5) is 59.3. The van der Waals surface area contributed by atoms with E-state index in [9.17, 15) is 29.4 Å². The Morgan fingerprint density at radius 1 is 1.42 bits per heavy atom. The minimum Gasteiger partial charge on any atom is -0.543 e. The molecule has 38 heavy (non-hydrogen) atoms. The number of carboxylic acid groups (broad SMARTS) is 2. The molecule has 2 aliphatic heterocycles. The molecule has 1 fully saturated rings. The number of carbonyl (C=O) groups is 4. The molecule has 0 saturated carbocycles. The molecule has 3 aromatic rings. The maximum absolute atomic E-state index is 13.0. The van der Waals surface area contributed by atoms with E-state index in [1.54, 1.807) is 29.1 Å². The number of aromatic carboxylic acids is 1. The predicted molar refractivity (Wildman–Crippen MR) is 136 cm³/mol. The van der Waals surface area contributed by atoms with Crippen LogP contribution in [0, 0.1) is 0 Å². The van der Waals surface area contributed by atoms with Crippen LogP contribution >= 0.6 is 34.4 Å². The minimum atomic E-state index is -1.51. The highest BCUT2D eigenvalue weighted by atomic mass is 32.2. The third-order valence-corrected chi connectivity index (χ3v) is 8.90. The lowest BCUT2D eigenvalue weighted by Crippen LogP contribution is -2.71. The Bertz CT molecular complexity index is 1560. The van der Waals surface area contributed by atoms with Gasteiger partial charge in [-0.1, -0.05) is 5.16 Å². The van der Waals surface area contributed by atoms with E-state index in [1.165, 1.54) is 24.3 Å². The number of nitrogens with one attached hydrogen (secondary N) is 1. The standard InChI is InChI=1S/C22H18N6O7S3/c1-35-26-14(11-8-37-22(23)24-11)17(29)25-15-18(30)28-16(21(33)34)10(7-36-19(15)28)6-27-3-2-12-9(5-27)4-13(38-12)20(31)32/h2-5,8,15,19H,6-7H2,1H3,(H4-,23,24,25,29,31,32,33,34)/b26-14-/t15?,19-/m1/s1. The number of nitrogens with two attached hydrogens (primary N) is 1. The van der Waals surface area contributed by atoms with E-state index in [4.69, 9.17) is 10.6 Å². The number of nitrogen functional groups attached to an aromatic ring is 1. The van der Waals surface area contributed by atoms with Crippen molar-refractivity contribution in [2.75, 3.05) is 18.6 Å². The highest BCUT2D eigenvalue weighted by Gasteiger charge is 2.53. The highest BCUT2D eigenvalue weighted by molar-refractivity contribution is 8.00. The van der Waals surface area contributed by atoms with Crippen LogP contribution in [-0.2, 0) is 25.8 Å². The number of amides is 2. The molecule has 5 heterocycles. The summed E-state index contributed by atoms with van der Waals surface area (Å²) >= 11 is 3.54. The number of thiophene rings is 1. The zero-order valence-corrected chi connectivity index (χ0v) is 21.9. The lowest BCUT2D eigenvalue weighted by molar-refractivity contribution is -0.687. The van der Waals surface area contributed by atoms with E-state index in [2.05, 4.69) is 15.5 Å². The van der Waals surface area contributed by atoms with Gasteiger partial charge in [0.25, 0.3) is 11.8 Å². The Balaban J connectivity index is 1.36. The van der Waals surface area contributed by atoms with Crippen LogP contribution in [0.15, 0.2) is 46.3 Å². The number of thioether (sulfide) groups is 1. The number of anilines is 1. The molecule has 0 spiro atoms. The zero-order valence-electron chi connectivity index (χ0n) is 19.4. The average Bonchev–Trinajstić information content (AvgIpc) is 3.51. The molecule has 1 saturated heterocycles. The van der Waals surface area contributed by atoms with Crippen molar-refractivity contribution in [3.8, 4) is 0 Å². The predicted octanol–water partition coefficient (Wildman–Crippen LogP) is -0.620. The third kappa shape index (κ3) is 4.57. The molecule has 1 unspecified atom stereocenters. The van der Waals surface area contributed by atoms with E-state index < -0.39 is 35.2 Å². The summed E-state index contributed by atoms with van der Waals surface area (Å²) in [5, 5.41) is 29.4. The van der Waals surface area contributed by atoms with Gasteiger partial charge in [0, 0.05) is 27.5 Å². The first-order valence-corrected chi connectivity index (χ1v) is 13.6. The first-order valence-electron chi connectivity index (χ1n) is 10.8. The zero-order chi connectivity index (χ0) is 27.1. The van der Waals surface area contributed by atoms with Crippen molar-refractivity contribution in [3.05, 3.63) is 51.7 Å². The van der Waals surface area contributed by atoms with Crippen LogP contribution in [0.3, 0.4) is 0 Å². The number of carbonyl (C=O) groups excluding carboxylic acids is 3. The fraction of sp³-hybridized carbons (Fsp3) is 0.227. The van der Waals surface area contributed by atoms with E-state index >= 15 is 0 Å². The van der Waals surface area contributed by atoms with Crippen molar-refractivity contribution in [2.45, 2.75) is 18.0 Å². The third-order valence-electron chi connectivity index (χ3n) is 5.79. The van der Waals surface area contributed by atoms with Gasteiger partial charge in [0.05, 0.1) is 17.1 Å². The Hall–Kier alpha value is -4.02. The Kier molecular flexibility index (Phi) is 6.77. The smallest absolute Gasteiger partial charge is 0.345 e. The number of hydrogen-bond acceptors (Lipinski definition) is 12. The summed E-state index contributed by atoms with van der Waals surface area (Å²) < 4.78 is 2.50. The number of thiazole rings is 1. The molecule has 196 valence electrons. The van der Waals surface area contributed by atoms with Crippen molar-refractivity contribution < 1.29 is 38.8 Å². The van der Waals surface area contributed by atoms with Crippen molar-refractivity contribution in [1.82, 2.24) is 15.2 Å². The van der Waals surface area contributed by atoms with Gasteiger partial charge in [0.1, 0.15) is 29.1 Å². The molecule has 0 radical (unpaired) electrons. The molecular weight excluding hydrogens is 556 g/mol. The van der Waals surface area contributed by atoms with Gasteiger partial charge in [-0.3, -0.25) is 14.5 Å². The van der Waals surface area contributed by atoms with Crippen LogP contribution in [0.25, 0.3) is 10.1 Å². The number of hydrogen-bond donors (Lipinski definition) is 3. The summed E-state index contributed by atoms with van der Waals surface area (Å²) in [5.41, 5.74) is 5.85. The summed E-state index contributed by atoms with van der Waals surface area (Å²) in [6.07, 6.45) is 3.43. The van der Waals surface area contributed by atoms with E-state index in [-0.39, 0.29) is 39.4 Å². The average molecular weight is 575 g/mol. The molecule has 0 aromatic carbocycles. The van der Waals surface area contributed by atoms with Gasteiger partial charge in [-0.05, 0) is 6.07 Å². The van der Waals surface area contributed by atoms with Crippen LogP contribution in [0.4, 0.5) is 5.13 Å². The number of rotatable bonds is 8. The van der Waals surface area contributed by atoms with Crippen molar-refractivity contribution >= 4 is 79.1 Å². The number of nitrogens with zero attached hydrogens (tertiary/aromatic N) is 4. The number of pyridine rings is 1. The van der Waals surface area contributed by atoms with Gasteiger partial charge in [-0.25, -0.2) is 14.3 Å². The molecule has 4 N–H and O–H groups in total. The van der Waals surface area contributed by atoms with Gasteiger partial charge in [0.2, 0.25) is 0 Å². The Morgan fingerprint density at radius 3 is 2.87 bits per heavy atom. The Labute approximate surface area is 226 Å². The maximum atomic E-state index is 13.0. The molecule has 2 amide bonds. The van der Waals surface area contributed by atoms with Crippen LogP contribution < -0.4 is 20.7 Å². The maximum Gasteiger partial charge on any atom is 0.345 e. The second kappa shape index (κ2) is 10.0. The van der Waals surface area contributed by atoms with Crippen molar-refractivity contribution in [2.24, 2.45) is 5.16 Å². The number of fused-ring (bicyclic) bond motifs is 2. The first kappa shape index (κ1) is 25.6. The van der Waals surface area contributed by atoms with E-state index in [0.29, 0.717) is 11.0 Å². The molecule has 5 rings (SSSR count). The summed E-state index contributed by atoms with van der Waals surface area (Å²) in [5.74, 6) is -3.59. The Morgan fingerprint density at radius 2 is 2.21 bits per heavy atom. The number of aliphatic carboxylic acids is 1. The normalized spacial score (nSPS) is 19.2. The molecular formula is C22H18N6O7S3. The van der Waals surface area contributed by atoms with E-state index in [0.717, 1.165) is 32.3 Å². The fourth-order valence-electron chi connectivity index (χ4n) is 4.15. The van der Waals surface area contributed by atoms with Gasteiger partial charge in [-0.2, -0.15) is 0 Å². The quantitative estimate of drug-likeness (QED) is 0.135. The molecule has 3 aromatic heterocycles.